The predicted octanol–water partition coefficient (Wildman–Crippen LogP) is 3.76. The van der Waals surface area contributed by atoms with Gasteiger partial charge >= 0.3 is 0 Å². The van der Waals surface area contributed by atoms with E-state index in [0.717, 1.165) is 43.9 Å². The molecular formula is C15H22ClN3OS. The number of aryl methyl sites for hydroxylation is 2. The molecule has 2 rings (SSSR count). The molecule has 116 valence electrons. The summed E-state index contributed by atoms with van der Waals surface area (Å²) in [6.07, 6.45) is 4.08. The zero-order chi connectivity index (χ0) is 14.2. The van der Waals surface area contributed by atoms with Crippen molar-refractivity contribution in [1.82, 2.24) is 10.2 Å². The van der Waals surface area contributed by atoms with Crippen LogP contribution in [0.3, 0.4) is 0 Å². The van der Waals surface area contributed by atoms with Gasteiger partial charge in [0.25, 0.3) is 5.22 Å². The summed E-state index contributed by atoms with van der Waals surface area (Å²) >= 11 is 1.59. The van der Waals surface area contributed by atoms with Crippen molar-refractivity contribution in [1.29, 1.82) is 0 Å². The van der Waals surface area contributed by atoms with Crippen molar-refractivity contribution in [2.45, 2.75) is 43.6 Å². The second-order valence-electron chi connectivity index (χ2n) is 4.78. The predicted molar refractivity (Wildman–Crippen MR) is 88.9 cm³/mol. The van der Waals surface area contributed by atoms with Gasteiger partial charge < -0.3 is 10.2 Å². The summed E-state index contributed by atoms with van der Waals surface area (Å²) < 4.78 is 5.63. The number of aromatic nitrogens is 2. The lowest BCUT2D eigenvalue weighted by Gasteiger charge is -2.02. The first-order chi connectivity index (χ1) is 9.79. The average Bonchev–Trinajstić information content (AvgIpc) is 2.91. The summed E-state index contributed by atoms with van der Waals surface area (Å²) in [5.74, 6) is 1.59. The second-order valence-corrected chi connectivity index (χ2v) is 5.70. The lowest BCUT2D eigenvalue weighted by atomic mass is 10.1. The highest BCUT2D eigenvalue weighted by Gasteiger charge is 2.07. The molecule has 4 nitrogen and oxygen atoms in total. The third-order valence-corrected chi connectivity index (χ3v) is 4.02. The minimum atomic E-state index is 0. The first kappa shape index (κ1) is 18.0. The van der Waals surface area contributed by atoms with Crippen molar-refractivity contribution in [2.24, 2.45) is 5.73 Å². The van der Waals surface area contributed by atoms with Gasteiger partial charge in [0.15, 0.2) is 0 Å². The van der Waals surface area contributed by atoms with E-state index in [1.807, 2.05) is 0 Å². The molecule has 0 bridgehead atoms. The van der Waals surface area contributed by atoms with Crippen LogP contribution in [0, 0.1) is 6.92 Å². The monoisotopic (exact) mass is 327 g/mol. The van der Waals surface area contributed by atoms with Crippen LogP contribution in [-0.2, 0) is 12.2 Å². The molecule has 1 heterocycles. The lowest BCUT2D eigenvalue weighted by Crippen LogP contribution is -1.98. The van der Waals surface area contributed by atoms with Crippen LogP contribution in [0.2, 0.25) is 0 Å². The van der Waals surface area contributed by atoms with Crippen LogP contribution in [0.4, 0.5) is 0 Å². The summed E-state index contributed by atoms with van der Waals surface area (Å²) in [7, 11) is 0. The Hall–Kier alpha value is -1.04. The first-order valence-corrected chi connectivity index (χ1v) is 7.98. The molecule has 0 aliphatic rings. The maximum Gasteiger partial charge on any atom is 0.276 e. The Morgan fingerprint density at radius 3 is 2.71 bits per heavy atom. The van der Waals surface area contributed by atoms with E-state index in [2.05, 4.69) is 41.4 Å². The molecule has 0 saturated carbocycles. The van der Waals surface area contributed by atoms with Crippen LogP contribution in [0.5, 0.6) is 0 Å². The number of hydrogen-bond acceptors (Lipinski definition) is 5. The number of benzene rings is 1. The van der Waals surface area contributed by atoms with Crippen molar-refractivity contribution in [3.8, 4) is 0 Å². The van der Waals surface area contributed by atoms with Crippen molar-refractivity contribution in [3.63, 3.8) is 0 Å². The minimum Gasteiger partial charge on any atom is -0.416 e. The van der Waals surface area contributed by atoms with Crippen LogP contribution in [0.1, 0.15) is 36.3 Å². The molecule has 1 aromatic carbocycles. The number of unbranched alkanes of at least 4 members (excludes halogenated alkanes) is 2. The summed E-state index contributed by atoms with van der Waals surface area (Å²) in [4.78, 5) is 0. The zero-order valence-electron chi connectivity index (χ0n) is 12.2. The Kier molecular flexibility index (Phi) is 8.42. The second kappa shape index (κ2) is 9.82. The Bertz CT molecular complexity index is 533. The normalized spacial score (nSPS) is 10.4. The van der Waals surface area contributed by atoms with E-state index in [4.69, 9.17) is 10.2 Å². The molecule has 0 fully saturated rings. The van der Waals surface area contributed by atoms with Gasteiger partial charge in [-0.1, -0.05) is 42.4 Å². The molecule has 0 amide bonds. The molecule has 1 aromatic heterocycles. The highest BCUT2D eigenvalue weighted by atomic mass is 35.5. The topological polar surface area (TPSA) is 64.9 Å². The Morgan fingerprint density at radius 2 is 1.95 bits per heavy atom. The van der Waals surface area contributed by atoms with Gasteiger partial charge in [-0.2, -0.15) is 0 Å². The average molecular weight is 328 g/mol. The summed E-state index contributed by atoms with van der Waals surface area (Å²) in [6, 6.07) is 8.36. The Morgan fingerprint density at radius 1 is 1.14 bits per heavy atom. The third kappa shape index (κ3) is 6.08. The summed E-state index contributed by atoms with van der Waals surface area (Å²) in [6.45, 7) is 2.87. The van der Waals surface area contributed by atoms with Crippen molar-refractivity contribution >= 4 is 24.2 Å². The van der Waals surface area contributed by atoms with Crippen LogP contribution >= 0.6 is 24.2 Å². The lowest BCUT2D eigenvalue weighted by molar-refractivity contribution is 0.407. The van der Waals surface area contributed by atoms with Gasteiger partial charge in [-0.25, -0.2) is 0 Å². The maximum atomic E-state index is 5.63. The number of halogens is 1. The molecular weight excluding hydrogens is 306 g/mol. The first-order valence-electron chi connectivity index (χ1n) is 6.99. The van der Waals surface area contributed by atoms with Crippen molar-refractivity contribution in [2.75, 3.05) is 6.54 Å². The van der Waals surface area contributed by atoms with Crippen LogP contribution in [0.25, 0.3) is 0 Å². The van der Waals surface area contributed by atoms with Gasteiger partial charge in [-0.05, 0) is 37.4 Å². The third-order valence-electron chi connectivity index (χ3n) is 3.16. The number of thioether (sulfide) groups is 1. The van der Waals surface area contributed by atoms with Gasteiger partial charge in [0, 0.05) is 12.2 Å². The highest BCUT2D eigenvalue weighted by Crippen LogP contribution is 2.23. The smallest absolute Gasteiger partial charge is 0.276 e. The molecule has 2 N–H and O–H groups in total. The molecule has 0 aliphatic heterocycles. The molecule has 21 heavy (non-hydrogen) atoms. The standard InChI is InChI=1S/C15H21N3OS.ClH/c1-12-7-4-5-8-13(12)11-20-15-18-17-14(19-15)9-3-2-6-10-16;/h4-5,7-8H,2-3,6,9-11,16H2,1H3;1H. The fraction of sp³-hybridized carbons (Fsp3) is 0.467. The van der Waals surface area contributed by atoms with Gasteiger partial charge in [0.05, 0.1) is 0 Å². The number of nitrogens with zero attached hydrogens (tertiary/aromatic N) is 2. The molecule has 0 radical (unpaired) electrons. The molecule has 0 aliphatic carbocycles. The van der Waals surface area contributed by atoms with Crippen LogP contribution in [-0.4, -0.2) is 16.7 Å². The summed E-state index contributed by atoms with van der Waals surface area (Å²) in [5, 5.41) is 8.82. The van der Waals surface area contributed by atoms with Crippen LogP contribution in [0.15, 0.2) is 33.9 Å². The Balaban J connectivity index is 0.00000220. The van der Waals surface area contributed by atoms with E-state index in [-0.39, 0.29) is 12.4 Å². The van der Waals surface area contributed by atoms with Gasteiger partial charge in [0.2, 0.25) is 5.89 Å². The zero-order valence-corrected chi connectivity index (χ0v) is 13.9. The molecule has 2 aromatic rings. The molecule has 0 spiro atoms. The van der Waals surface area contributed by atoms with E-state index in [1.165, 1.54) is 11.1 Å². The van der Waals surface area contributed by atoms with E-state index in [9.17, 15) is 0 Å². The molecule has 0 saturated heterocycles. The molecule has 0 atom stereocenters. The van der Waals surface area contributed by atoms with Gasteiger partial charge in [-0.15, -0.1) is 22.6 Å². The van der Waals surface area contributed by atoms with Gasteiger partial charge in [-0.3, -0.25) is 0 Å². The quantitative estimate of drug-likeness (QED) is 0.590. The molecule has 6 heteroatoms. The highest BCUT2D eigenvalue weighted by molar-refractivity contribution is 7.98. The Labute approximate surface area is 136 Å². The van der Waals surface area contributed by atoms with E-state index in [0.29, 0.717) is 5.22 Å². The molecule has 0 unspecified atom stereocenters. The number of hydrogen-bond donors (Lipinski definition) is 1. The fourth-order valence-electron chi connectivity index (χ4n) is 1.91. The summed E-state index contributed by atoms with van der Waals surface area (Å²) in [5.41, 5.74) is 8.06. The maximum absolute atomic E-state index is 5.63. The van der Waals surface area contributed by atoms with E-state index < -0.39 is 0 Å². The van der Waals surface area contributed by atoms with Gasteiger partial charge in [0.1, 0.15) is 0 Å². The van der Waals surface area contributed by atoms with Crippen molar-refractivity contribution in [3.05, 3.63) is 41.3 Å². The SMILES string of the molecule is Cc1ccccc1CSc1nnc(CCCCCN)o1.Cl. The van der Waals surface area contributed by atoms with E-state index in [1.54, 1.807) is 11.8 Å². The number of rotatable bonds is 8. The number of nitrogens with two attached hydrogens (primary N) is 1. The van der Waals surface area contributed by atoms with Crippen molar-refractivity contribution < 1.29 is 4.42 Å². The fourth-order valence-corrected chi connectivity index (χ4v) is 2.76. The van der Waals surface area contributed by atoms with Crippen LogP contribution < -0.4 is 5.73 Å². The largest absolute Gasteiger partial charge is 0.416 e. The van der Waals surface area contributed by atoms with E-state index >= 15 is 0 Å². The minimum absolute atomic E-state index is 0.